The third kappa shape index (κ3) is 5.88. The van der Waals surface area contributed by atoms with Gasteiger partial charge in [0.2, 0.25) is 5.69 Å². The van der Waals surface area contributed by atoms with Gasteiger partial charge >= 0.3 is 11.9 Å². The van der Waals surface area contributed by atoms with Gasteiger partial charge in [-0.15, -0.1) is 5.10 Å². The molecule has 5 rings (SSSR count). The van der Waals surface area contributed by atoms with Gasteiger partial charge in [-0.05, 0) is 69.7 Å². The van der Waals surface area contributed by atoms with Crippen LogP contribution in [0.25, 0.3) is 6.08 Å². The Morgan fingerprint density at radius 3 is 2.24 bits per heavy atom. The zero-order chi connectivity index (χ0) is 29.8. The molecule has 1 aliphatic carbocycles. The number of allylic oxidation sites excluding steroid dienone is 1. The molecule has 0 radical (unpaired) electrons. The second kappa shape index (κ2) is 12.5. The van der Waals surface area contributed by atoms with E-state index < -0.39 is 11.9 Å². The van der Waals surface area contributed by atoms with Crippen molar-refractivity contribution in [1.82, 2.24) is 20.0 Å². The number of aromatic nitrogens is 3. The molecule has 0 spiro atoms. The van der Waals surface area contributed by atoms with Gasteiger partial charge in [0.1, 0.15) is 6.54 Å². The zero-order valence-electron chi connectivity index (χ0n) is 24.4. The van der Waals surface area contributed by atoms with Gasteiger partial charge in [-0.25, -0.2) is 19.3 Å². The highest BCUT2D eigenvalue weighted by molar-refractivity contribution is 6.08. The normalized spacial score (nSPS) is 18.9. The van der Waals surface area contributed by atoms with Crippen molar-refractivity contribution in [3.8, 4) is 0 Å². The Labute approximate surface area is 245 Å². The van der Waals surface area contributed by atoms with Crippen LogP contribution in [0.4, 0.5) is 0 Å². The molecule has 0 N–H and O–H groups in total. The molecule has 0 unspecified atom stereocenters. The van der Waals surface area contributed by atoms with Gasteiger partial charge in [0.15, 0.2) is 5.69 Å². The van der Waals surface area contributed by atoms with Crippen molar-refractivity contribution < 1.29 is 23.9 Å². The Balaban J connectivity index is 1.52. The summed E-state index contributed by atoms with van der Waals surface area (Å²) in [4.78, 5) is 39.3. The summed E-state index contributed by atoms with van der Waals surface area (Å²) in [6.07, 6.45) is 4.89. The third-order valence-corrected chi connectivity index (χ3v) is 7.55. The average Bonchev–Trinajstić information content (AvgIpc) is 3.58. The first-order chi connectivity index (χ1) is 20.3. The summed E-state index contributed by atoms with van der Waals surface area (Å²) in [5.41, 5.74) is 5.87. The first-order valence-electron chi connectivity index (χ1n) is 14.3. The number of carbonyl (C=O) groups is 3. The van der Waals surface area contributed by atoms with E-state index in [2.05, 4.69) is 47.6 Å². The molecule has 2 aromatic carbocycles. The third-order valence-electron chi connectivity index (χ3n) is 7.55. The van der Waals surface area contributed by atoms with Crippen LogP contribution in [0.2, 0.25) is 0 Å². The molecule has 10 nitrogen and oxygen atoms in total. The summed E-state index contributed by atoms with van der Waals surface area (Å²) in [6.45, 7) is 7.19. The highest BCUT2D eigenvalue weighted by Crippen LogP contribution is 2.44. The van der Waals surface area contributed by atoms with Crippen LogP contribution in [0, 0.1) is 19.8 Å². The average molecular weight is 570 g/mol. The molecule has 0 bridgehead atoms. The van der Waals surface area contributed by atoms with Crippen LogP contribution < -0.4 is 0 Å². The predicted molar refractivity (Wildman–Crippen MR) is 157 cm³/mol. The maximum Gasteiger partial charge on any atom is 0.361 e. The van der Waals surface area contributed by atoms with Gasteiger partial charge in [0.05, 0.1) is 25.0 Å². The first-order valence-corrected chi connectivity index (χ1v) is 14.3. The lowest BCUT2D eigenvalue weighted by Crippen LogP contribution is -2.34. The Morgan fingerprint density at radius 2 is 1.57 bits per heavy atom. The Hall–Kier alpha value is -4.60. The molecular formula is C32H35N5O5. The smallest absolute Gasteiger partial charge is 0.361 e. The van der Waals surface area contributed by atoms with Gasteiger partial charge in [0, 0.05) is 5.92 Å². The van der Waals surface area contributed by atoms with Crippen LogP contribution in [0.5, 0.6) is 0 Å². The molecule has 2 atom stereocenters. The van der Waals surface area contributed by atoms with E-state index in [-0.39, 0.29) is 49.0 Å². The molecule has 1 fully saturated rings. The second-order valence-corrected chi connectivity index (χ2v) is 10.5. The van der Waals surface area contributed by atoms with E-state index in [0.717, 1.165) is 51.9 Å². The van der Waals surface area contributed by atoms with Crippen molar-refractivity contribution in [2.45, 2.75) is 59.5 Å². The molecule has 42 heavy (non-hydrogen) atoms. The van der Waals surface area contributed by atoms with Crippen LogP contribution in [0.1, 0.15) is 82.4 Å². The summed E-state index contributed by atoms with van der Waals surface area (Å²) in [5.74, 6) is -1.99. The van der Waals surface area contributed by atoms with Gasteiger partial charge in [-0.2, -0.15) is 5.10 Å². The van der Waals surface area contributed by atoms with Crippen LogP contribution in [-0.2, 0) is 20.8 Å². The van der Waals surface area contributed by atoms with Crippen molar-refractivity contribution in [3.63, 3.8) is 0 Å². The summed E-state index contributed by atoms with van der Waals surface area (Å²) in [5, 5.41) is 14.3. The molecule has 218 valence electrons. The maximum atomic E-state index is 14.0. The number of nitrogens with zero attached hydrogens (tertiary/aromatic N) is 5. The van der Waals surface area contributed by atoms with Crippen LogP contribution in [0.15, 0.2) is 59.2 Å². The summed E-state index contributed by atoms with van der Waals surface area (Å²) in [7, 11) is 0. The molecule has 10 heteroatoms. The van der Waals surface area contributed by atoms with Gasteiger partial charge < -0.3 is 9.47 Å². The topological polar surface area (TPSA) is 116 Å². The minimum Gasteiger partial charge on any atom is -0.461 e. The molecule has 2 heterocycles. The number of carbonyl (C=O) groups excluding carboxylic acids is 3. The van der Waals surface area contributed by atoms with Crippen molar-refractivity contribution in [2.24, 2.45) is 11.0 Å². The number of aryl methyl sites for hydroxylation is 2. The molecule has 1 saturated carbocycles. The number of benzene rings is 2. The molecular weight excluding hydrogens is 534 g/mol. The summed E-state index contributed by atoms with van der Waals surface area (Å²) >= 11 is 0. The van der Waals surface area contributed by atoms with Crippen LogP contribution in [-0.4, -0.2) is 56.8 Å². The van der Waals surface area contributed by atoms with Gasteiger partial charge in [-0.1, -0.05) is 64.9 Å². The fraction of sp³-hybridized carbons (Fsp3) is 0.375. The molecule has 2 aliphatic rings. The number of hydrazone groups is 1. The fourth-order valence-corrected chi connectivity index (χ4v) is 5.53. The molecule has 3 aromatic rings. The summed E-state index contributed by atoms with van der Waals surface area (Å²) < 4.78 is 11.3. The van der Waals surface area contributed by atoms with E-state index in [1.165, 1.54) is 10.6 Å². The number of rotatable bonds is 8. The van der Waals surface area contributed by atoms with E-state index in [9.17, 15) is 14.4 Å². The predicted octanol–water partition coefficient (Wildman–Crippen LogP) is 5.07. The van der Waals surface area contributed by atoms with E-state index in [0.29, 0.717) is 0 Å². The van der Waals surface area contributed by atoms with Crippen LogP contribution in [0.3, 0.4) is 0 Å². The number of amides is 1. The number of hydrogen-bond donors (Lipinski definition) is 0. The van der Waals surface area contributed by atoms with E-state index in [1.807, 2.05) is 31.2 Å². The standard InChI is InChI=1S/C32H35N5O5/c1-5-41-31(39)28-30(32(40)42-6-2)36(35-33-28)19-26(38)37-29(23-16-12-21(4)13-17-23)25-9-7-8-24(27(25)34-37)18-22-14-10-20(3)11-15-22/h10-18,25,29H,5-9,19H2,1-4H3/b24-18+/t25-,29-/m0/s1. The molecule has 1 aromatic heterocycles. The maximum absolute atomic E-state index is 14.0. The van der Waals surface area contributed by atoms with Gasteiger partial charge in [0.25, 0.3) is 5.91 Å². The number of ether oxygens (including phenoxy) is 2. The van der Waals surface area contributed by atoms with E-state index in [1.54, 1.807) is 13.8 Å². The Morgan fingerprint density at radius 1 is 0.929 bits per heavy atom. The number of esters is 2. The quantitative estimate of drug-likeness (QED) is 0.348. The lowest BCUT2D eigenvalue weighted by molar-refractivity contribution is -0.134. The minimum atomic E-state index is -0.810. The monoisotopic (exact) mass is 569 g/mol. The second-order valence-electron chi connectivity index (χ2n) is 10.5. The first kappa shape index (κ1) is 28.9. The van der Waals surface area contributed by atoms with Crippen molar-refractivity contribution in [3.05, 3.63) is 87.7 Å². The number of fused-ring (bicyclic) bond motifs is 1. The Bertz CT molecular complexity index is 1540. The lowest BCUT2D eigenvalue weighted by Gasteiger charge is -2.29. The summed E-state index contributed by atoms with van der Waals surface area (Å²) in [6, 6.07) is 16.1. The van der Waals surface area contributed by atoms with E-state index >= 15 is 0 Å². The van der Waals surface area contributed by atoms with Crippen molar-refractivity contribution in [2.75, 3.05) is 13.2 Å². The highest BCUT2D eigenvalue weighted by atomic mass is 16.5. The molecule has 0 saturated heterocycles. The minimum absolute atomic E-state index is 0.0115. The molecule has 1 amide bonds. The largest absolute Gasteiger partial charge is 0.461 e. The SMILES string of the molecule is CCOC(=O)c1nnn(CC(=O)N2N=C3/C(=C/c4ccc(C)cc4)CCC[C@@H]3[C@@H]2c2ccc(C)cc2)c1C(=O)OCC. The lowest BCUT2D eigenvalue weighted by atomic mass is 9.77. The van der Waals surface area contributed by atoms with Gasteiger partial charge in [-0.3, -0.25) is 4.79 Å². The van der Waals surface area contributed by atoms with Crippen molar-refractivity contribution >= 4 is 29.6 Å². The van der Waals surface area contributed by atoms with Crippen molar-refractivity contribution in [1.29, 1.82) is 0 Å². The van der Waals surface area contributed by atoms with Crippen LogP contribution >= 0.6 is 0 Å². The fourth-order valence-electron chi connectivity index (χ4n) is 5.53. The molecule has 1 aliphatic heterocycles. The highest BCUT2D eigenvalue weighted by Gasteiger charge is 2.44. The number of hydrogen-bond acceptors (Lipinski definition) is 8. The zero-order valence-corrected chi connectivity index (χ0v) is 24.4. The Kier molecular flexibility index (Phi) is 8.61. The van der Waals surface area contributed by atoms with E-state index in [4.69, 9.17) is 14.6 Å².